The van der Waals surface area contributed by atoms with Gasteiger partial charge < -0.3 is 10.5 Å². The number of hydrogen-bond acceptors (Lipinski definition) is 4. The maximum atomic E-state index is 11.6. The molecule has 0 amide bonds. The normalized spacial score (nSPS) is 11.4. The maximum absolute atomic E-state index is 11.6. The van der Waals surface area contributed by atoms with Crippen LogP contribution >= 0.6 is 0 Å². The highest BCUT2D eigenvalue weighted by atomic mass is 32.2. The molecule has 0 bridgehead atoms. The molecule has 2 N–H and O–H groups in total. The number of benzene rings is 1. The first-order chi connectivity index (χ1) is 7.60. The molecule has 0 fully saturated rings. The van der Waals surface area contributed by atoms with Gasteiger partial charge in [0.25, 0.3) is 0 Å². The number of sulfone groups is 1. The Bertz CT molecular complexity index is 411. The summed E-state index contributed by atoms with van der Waals surface area (Å²) in [5.74, 6) is 0.663. The zero-order valence-electron chi connectivity index (χ0n) is 9.35. The van der Waals surface area contributed by atoms with Gasteiger partial charge in [-0.2, -0.15) is 0 Å². The van der Waals surface area contributed by atoms with E-state index in [4.69, 9.17) is 10.5 Å². The third-order valence-corrected chi connectivity index (χ3v) is 3.81. The van der Waals surface area contributed by atoms with Crippen molar-refractivity contribution in [2.45, 2.75) is 18.2 Å². The van der Waals surface area contributed by atoms with E-state index in [2.05, 4.69) is 0 Å². The second-order valence-electron chi connectivity index (χ2n) is 3.43. The van der Waals surface area contributed by atoms with Gasteiger partial charge in [-0.05, 0) is 30.7 Å². The Kier molecular flexibility index (Phi) is 4.76. The first-order valence-corrected chi connectivity index (χ1v) is 6.91. The van der Waals surface area contributed by atoms with Crippen LogP contribution in [0.25, 0.3) is 0 Å². The Labute approximate surface area is 96.3 Å². The summed E-state index contributed by atoms with van der Waals surface area (Å²) in [7, 11) is -3.23. The summed E-state index contributed by atoms with van der Waals surface area (Å²) in [5.41, 5.74) is 5.24. The molecule has 0 aliphatic heterocycles. The fraction of sp³-hybridized carbons (Fsp3) is 0.455. The van der Waals surface area contributed by atoms with E-state index in [-0.39, 0.29) is 12.3 Å². The second-order valence-corrected chi connectivity index (χ2v) is 5.54. The number of rotatable bonds is 6. The average Bonchev–Trinajstić information content (AvgIpc) is 2.27. The summed E-state index contributed by atoms with van der Waals surface area (Å²) < 4.78 is 28.6. The van der Waals surface area contributed by atoms with Crippen LogP contribution in [-0.2, 0) is 9.84 Å². The highest BCUT2D eigenvalue weighted by Gasteiger charge is 2.12. The third kappa shape index (κ3) is 3.50. The molecule has 0 saturated heterocycles. The topological polar surface area (TPSA) is 69.4 Å². The fourth-order valence-electron chi connectivity index (χ4n) is 1.24. The van der Waals surface area contributed by atoms with Crippen LogP contribution in [0.15, 0.2) is 29.2 Å². The predicted octanol–water partition coefficient (Wildman–Crippen LogP) is 1.21. The van der Waals surface area contributed by atoms with Gasteiger partial charge in [-0.25, -0.2) is 8.42 Å². The van der Waals surface area contributed by atoms with E-state index in [1.165, 1.54) is 0 Å². The minimum Gasteiger partial charge on any atom is -0.494 e. The highest BCUT2D eigenvalue weighted by Crippen LogP contribution is 2.16. The van der Waals surface area contributed by atoms with Crippen molar-refractivity contribution in [1.29, 1.82) is 0 Å². The fourth-order valence-corrected chi connectivity index (χ4v) is 2.33. The Morgan fingerprint density at radius 3 is 2.38 bits per heavy atom. The van der Waals surface area contributed by atoms with Gasteiger partial charge in [-0.15, -0.1) is 0 Å². The molecule has 0 atom stereocenters. The maximum Gasteiger partial charge on any atom is 0.179 e. The van der Waals surface area contributed by atoms with Gasteiger partial charge in [0, 0.05) is 6.54 Å². The lowest BCUT2D eigenvalue weighted by Crippen LogP contribution is -2.15. The molecule has 0 spiro atoms. The Balaban J connectivity index is 2.78. The summed E-state index contributed by atoms with van der Waals surface area (Å²) in [6.45, 7) is 2.78. The van der Waals surface area contributed by atoms with Crippen molar-refractivity contribution in [3.8, 4) is 5.75 Å². The van der Waals surface area contributed by atoms with Gasteiger partial charge in [-0.1, -0.05) is 6.92 Å². The molecule has 1 aromatic rings. The summed E-state index contributed by atoms with van der Waals surface area (Å²) in [6, 6.07) is 6.43. The summed E-state index contributed by atoms with van der Waals surface area (Å²) >= 11 is 0. The van der Waals surface area contributed by atoms with E-state index in [0.717, 1.165) is 6.42 Å². The second kappa shape index (κ2) is 5.86. The van der Waals surface area contributed by atoms with Crippen molar-refractivity contribution >= 4 is 9.84 Å². The lowest BCUT2D eigenvalue weighted by molar-refractivity contribution is 0.317. The van der Waals surface area contributed by atoms with Crippen LogP contribution in [0, 0.1) is 0 Å². The van der Waals surface area contributed by atoms with Gasteiger partial charge in [0.15, 0.2) is 9.84 Å². The molecule has 0 unspecified atom stereocenters. The molecule has 1 aromatic carbocycles. The van der Waals surface area contributed by atoms with Gasteiger partial charge in [-0.3, -0.25) is 0 Å². The average molecular weight is 243 g/mol. The molecular formula is C11H17NO3S. The van der Waals surface area contributed by atoms with Crippen molar-refractivity contribution in [3.63, 3.8) is 0 Å². The lowest BCUT2D eigenvalue weighted by atomic mass is 10.3. The molecule has 0 saturated carbocycles. The van der Waals surface area contributed by atoms with E-state index >= 15 is 0 Å². The van der Waals surface area contributed by atoms with Crippen molar-refractivity contribution in [2.75, 3.05) is 18.9 Å². The van der Waals surface area contributed by atoms with E-state index < -0.39 is 9.84 Å². The van der Waals surface area contributed by atoms with Gasteiger partial charge in [0.1, 0.15) is 5.75 Å². The van der Waals surface area contributed by atoms with Crippen LogP contribution in [-0.4, -0.2) is 27.3 Å². The lowest BCUT2D eigenvalue weighted by Gasteiger charge is -2.06. The van der Waals surface area contributed by atoms with Gasteiger partial charge >= 0.3 is 0 Å². The van der Waals surface area contributed by atoms with Gasteiger partial charge in [0.05, 0.1) is 17.3 Å². The van der Waals surface area contributed by atoms with E-state index in [9.17, 15) is 8.42 Å². The SMILES string of the molecule is CCCOc1ccc(S(=O)(=O)CCN)cc1. The monoisotopic (exact) mass is 243 g/mol. The van der Waals surface area contributed by atoms with E-state index in [0.29, 0.717) is 17.3 Å². The highest BCUT2D eigenvalue weighted by molar-refractivity contribution is 7.91. The summed E-state index contributed by atoms with van der Waals surface area (Å²) in [6.07, 6.45) is 0.924. The van der Waals surface area contributed by atoms with Crippen molar-refractivity contribution in [2.24, 2.45) is 5.73 Å². The first kappa shape index (κ1) is 13.0. The predicted molar refractivity (Wildman–Crippen MR) is 63.3 cm³/mol. The Hall–Kier alpha value is -1.07. The third-order valence-electron chi connectivity index (χ3n) is 2.04. The molecule has 0 aliphatic carbocycles. The smallest absolute Gasteiger partial charge is 0.179 e. The molecule has 0 aliphatic rings. The molecule has 4 nitrogen and oxygen atoms in total. The Morgan fingerprint density at radius 1 is 1.25 bits per heavy atom. The summed E-state index contributed by atoms with van der Waals surface area (Å²) in [5, 5.41) is 0. The standard InChI is InChI=1S/C11H17NO3S/c1-2-8-15-10-3-5-11(6-4-10)16(13,14)9-7-12/h3-6H,2,7-9,12H2,1H3. The van der Waals surface area contributed by atoms with Crippen molar-refractivity contribution in [3.05, 3.63) is 24.3 Å². The number of nitrogens with two attached hydrogens (primary N) is 1. The molecule has 5 heteroatoms. The first-order valence-electron chi connectivity index (χ1n) is 5.26. The quantitative estimate of drug-likeness (QED) is 0.815. The van der Waals surface area contributed by atoms with Crippen molar-refractivity contribution in [1.82, 2.24) is 0 Å². The van der Waals surface area contributed by atoms with Crippen LogP contribution in [0.3, 0.4) is 0 Å². The molecule has 90 valence electrons. The van der Waals surface area contributed by atoms with Crippen LogP contribution in [0.1, 0.15) is 13.3 Å². The molecular weight excluding hydrogens is 226 g/mol. The van der Waals surface area contributed by atoms with Crippen LogP contribution in [0.4, 0.5) is 0 Å². The zero-order chi connectivity index (χ0) is 12.0. The molecule has 0 radical (unpaired) electrons. The van der Waals surface area contributed by atoms with Crippen LogP contribution in [0.2, 0.25) is 0 Å². The van der Waals surface area contributed by atoms with Crippen molar-refractivity contribution < 1.29 is 13.2 Å². The molecule has 16 heavy (non-hydrogen) atoms. The number of hydrogen-bond donors (Lipinski definition) is 1. The summed E-state index contributed by atoms with van der Waals surface area (Å²) in [4.78, 5) is 0.293. The van der Waals surface area contributed by atoms with E-state index in [1.807, 2.05) is 6.92 Å². The minimum atomic E-state index is -3.23. The van der Waals surface area contributed by atoms with E-state index in [1.54, 1.807) is 24.3 Å². The molecule has 1 rings (SSSR count). The number of ether oxygens (including phenoxy) is 1. The van der Waals surface area contributed by atoms with Gasteiger partial charge in [0.2, 0.25) is 0 Å². The van der Waals surface area contributed by atoms with Crippen LogP contribution < -0.4 is 10.5 Å². The molecule has 0 heterocycles. The largest absolute Gasteiger partial charge is 0.494 e. The zero-order valence-corrected chi connectivity index (χ0v) is 10.2. The minimum absolute atomic E-state index is 0.0256. The Morgan fingerprint density at radius 2 is 1.88 bits per heavy atom. The van der Waals surface area contributed by atoms with Crippen LogP contribution in [0.5, 0.6) is 5.75 Å². The molecule has 0 aromatic heterocycles.